The van der Waals surface area contributed by atoms with E-state index in [1.54, 1.807) is 6.20 Å². The second-order valence-corrected chi connectivity index (χ2v) is 5.08. The Morgan fingerprint density at radius 1 is 1.15 bits per heavy atom. The highest BCUT2D eigenvalue weighted by Gasteiger charge is 2.20. The van der Waals surface area contributed by atoms with Gasteiger partial charge in [-0.25, -0.2) is 9.67 Å². The fourth-order valence-corrected chi connectivity index (χ4v) is 2.69. The van der Waals surface area contributed by atoms with Crippen molar-refractivity contribution in [1.29, 1.82) is 0 Å². The van der Waals surface area contributed by atoms with E-state index in [0.29, 0.717) is 0 Å². The van der Waals surface area contributed by atoms with Crippen LogP contribution >= 0.6 is 0 Å². The van der Waals surface area contributed by atoms with Gasteiger partial charge in [0.1, 0.15) is 0 Å². The first-order chi connectivity index (χ1) is 9.81. The van der Waals surface area contributed by atoms with Gasteiger partial charge >= 0.3 is 0 Å². The molecule has 0 radical (unpaired) electrons. The van der Waals surface area contributed by atoms with Crippen LogP contribution in [0.5, 0.6) is 0 Å². The van der Waals surface area contributed by atoms with Crippen molar-refractivity contribution in [2.75, 3.05) is 0 Å². The number of aryl methyl sites for hydroxylation is 3. The van der Waals surface area contributed by atoms with E-state index in [1.807, 2.05) is 23.7 Å². The van der Waals surface area contributed by atoms with Crippen LogP contribution in [0.15, 0.2) is 42.6 Å². The lowest BCUT2D eigenvalue weighted by Gasteiger charge is -2.15. The van der Waals surface area contributed by atoms with Gasteiger partial charge < -0.3 is 0 Å². The van der Waals surface area contributed by atoms with Gasteiger partial charge in [-0.2, -0.15) is 5.10 Å². The van der Waals surface area contributed by atoms with E-state index in [4.69, 9.17) is 4.98 Å². The van der Waals surface area contributed by atoms with Crippen LogP contribution in [0, 0.1) is 6.92 Å². The maximum Gasteiger partial charge on any atom is 0.181 e. The molecule has 0 atom stereocenters. The van der Waals surface area contributed by atoms with Gasteiger partial charge in [0.15, 0.2) is 11.6 Å². The zero-order valence-corrected chi connectivity index (χ0v) is 11.2. The predicted octanol–water partition coefficient (Wildman–Crippen LogP) is 2.87. The third-order valence-corrected chi connectivity index (χ3v) is 3.68. The summed E-state index contributed by atoms with van der Waals surface area (Å²) in [6.07, 6.45) is 2.82. The van der Waals surface area contributed by atoms with Crippen LogP contribution in [0.2, 0.25) is 0 Å². The van der Waals surface area contributed by atoms with E-state index in [1.165, 1.54) is 11.1 Å². The van der Waals surface area contributed by atoms with Crippen molar-refractivity contribution in [1.82, 2.24) is 19.7 Å². The minimum atomic E-state index is 0.780. The van der Waals surface area contributed by atoms with Gasteiger partial charge in [0.25, 0.3) is 0 Å². The molecule has 0 N–H and O–H groups in total. The maximum absolute atomic E-state index is 4.73. The lowest BCUT2D eigenvalue weighted by Crippen LogP contribution is -2.11. The topological polar surface area (TPSA) is 43.6 Å². The number of hydrogen-bond acceptors (Lipinski definition) is 3. The summed E-state index contributed by atoms with van der Waals surface area (Å²) in [7, 11) is 0. The fourth-order valence-electron chi connectivity index (χ4n) is 2.69. The van der Waals surface area contributed by atoms with Crippen LogP contribution in [0.4, 0.5) is 0 Å². The maximum atomic E-state index is 4.73. The fraction of sp³-hybridized carbons (Fsp3) is 0.188. The summed E-state index contributed by atoms with van der Waals surface area (Å²) in [5.41, 5.74) is 4.56. The molecule has 0 saturated heterocycles. The number of rotatable bonds is 1. The predicted molar refractivity (Wildman–Crippen MR) is 77.1 cm³/mol. The summed E-state index contributed by atoms with van der Waals surface area (Å²) in [6.45, 7) is 2.87. The Morgan fingerprint density at radius 2 is 2.05 bits per heavy atom. The van der Waals surface area contributed by atoms with Gasteiger partial charge in [0, 0.05) is 29.6 Å². The van der Waals surface area contributed by atoms with E-state index in [2.05, 4.69) is 34.3 Å². The molecule has 0 aliphatic carbocycles. The molecule has 0 amide bonds. The Kier molecular flexibility index (Phi) is 2.42. The monoisotopic (exact) mass is 262 g/mol. The summed E-state index contributed by atoms with van der Waals surface area (Å²) in [4.78, 5) is 8.95. The van der Waals surface area contributed by atoms with Gasteiger partial charge in [0.2, 0.25) is 0 Å². The first-order valence-electron chi connectivity index (χ1n) is 6.77. The number of aromatic nitrogens is 4. The van der Waals surface area contributed by atoms with Crippen molar-refractivity contribution < 1.29 is 0 Å². The highest BCUT2D eigenvalue weighted by molar-refractivity contribution is 5.65. The summed E-state index contributed by atoms with van der Waals surface area (Å²) in [6, 6.07) is 12.4. The Bertz CT molecular complexity index is 789. The van der Waals surface area contributed by atoms with Gasteiger partial charge in [-0.1, -0.05) is 24.3 Å². The molecule has 4 nitrogen and oxygen atoms in total. The molecular weight excluding hydrogens is 248 g/mol. The smallest absolute Gasteiger partial charge is 0.181 e. The lowest BCUT2D eigenvalue weighted by molar-refractivity contribution is 0.607. The van der Waals surface area contributed by atoms with Crippen LogP contribution in [-0.2, 0) is 13.0 Å². The normalized spacial score (nSPS) is 12.8. The van der Waals surface area contributed by atoms with Crippen molar-refractivity contribution in [3.8, 4) is 22.8 Å². The van der Waals surface area contributed by atoms with Crippen LogP contribution in [0.3, 0.4) is 0 Å². The molecule has 0 spiro atoms. The number of fused-ring (bicyclic) bond motifs is 3. The standard InChI is InChI=1S/C16H14N4/c1-11-10-13(6-8-17-11)15-18-16-14-5-3-2-4-12(14)7-9-20(16)19-15/h2-6,8,10H,7,9H2,1H3. The quantitative estimate of drug-likeness (QED) is 0.677. The Labute approximate surface area is 117 Å². The van der Waals surface area contributed by atoms with Gasteiger partial charge in [0.05, 0.1) is 0 Å². The zero-order valence-electron chi connectivity index (χ0n) is 11.2. The van der Waals surface area contributed by atoms with Crippen molar-refractivity contribution in [2.24, 2.45) is 0 Å². The number of nitrogens with zero attached hydrogens (tertiary/aromatic N) is 4. The molecule has 4 heteroatoms. The van der Waals surface area contributed by atoms with Crippen molar-refractivity contribution in [2.45, 2.75) is 19.9 Å². The third kappa shape index (κ3) is 1.72. The zero-order chi connectivity index (χ0) is 13.5. The molecule has 1 aliphatic rings. The van der Waals surface area contributed by atoms with Crippen molar-refractivity contribution in [3.63, 3.8) is 0 Å². The van der Waals surface area contributed by atoms with E-state index >= 15 is 0 Å². The molecule has 2 aromatic heterocycles. The molecule has 3 aromatic rings. The number of pyridine rings is 1. The molecule has 0 saturated carbocycles. The SMILES string of the molecule is Cc1cc(-c2nc3n(n2)CCc2ccccc2-3)ccn1. The van der Waals surface area contributed by atoms with E-state index in [0.717, 1.165) is 35.9 Å². The Balaban J connectivity index is 1.86. The largest absolute Gasteiger partial charge is 0.262 e. The second kappa shape index (κ2) is 4.27. The van der Waals surface area contributed by atoms with E-state index in [-0.39, 0.29) is 0 Å². The van der Waals surface area contributed by atoms with Gasteiger partial charge in [-0.15, -0.1) is 0 Å². The minimum absolute atomic E-state index is 0.780. The van der Waals surface area contributed by atoms with Crippen molar-refractivity contribution >= 4 is 0 Å². The number of benzene rings is 1. The van der Waals surface area contributed by atoms with Gasteiger partial charge in [-0.3, -0.25) is 4.98 Å². The highest BCUT2D eigenvalue weighted by Crippen LogP contribution is 2.29. The molecule has 0 fully saturated rings. The molecule has 3 heterocycles. The number of hydrogen-bond donors (Lipinski definition) is 0. The molecule has 0 bridgehead atoms. The molecule has 20 heavy (non-hydrogen) atoms. The molecule has 1 aliphatic heterocycles. The summed E-state index contributed by atoms with van der Waals surface area (Å²) in [5, 5.41) is 4.64. The Morgan fingerprint density at radius 3 is 2.95 bits per heavy atom. The average Bonchev–Trinajstić information content (AvgIpc) is 2.92. The van der Waals surface area contributed by atoms with Crippen LogP contribution < -0.4 is 0 Å². The summed E-state index contributed by atoms with van der Waals surface area (Å²) >= 11 is 0. The van der Waals surface area contributed by atoms with E-state index in [9.17, 15) is 0 Å². The minimum Gasteiger partial charge on any atom is -0.262 e. The third-order valence-electron chi connectivity index (χ3n) is 3.68. The van der Waals surface area contributed by atoms with Gasteiger partial charge in [-0.05, 0) is 31.0 Å². The Hall–Kier alpha value is -2.49. The molecular formula is C16H14N4. The van der Waals surface area contributed by atoms with E-state index < -0.39 is 0 Å². The first-order valence-corrected chi connectivity index (χ1v) is 6.77. The lowest BCUT2D eigenvalue weighted by atomic mass is 10.0. The van der Waals surface area contributed by atoms with Crippen LogP contribution in [0.25, 0.3) is 22.8 Å². The highest BCUT2D eigenvalue weighted by atomic mass is 15.3. The summed E-state index contributed by atoms with van der Waals surface area (Å²) < 4.78 is 2.01. The second-order valence-electron chi connectivity index (χ2n) is 5.08. The molecule has 0 unspecified atom stereocenters. The van der Waals surface area contributed by atoms with Crippen molar-refractivity contribution in [3.05, 3.63) is 53.9 Å². The average molecular weight is 262 g/mol. The summed E-state index contributed by atoms with van der Waals surface area (Å²) in [5.74, 6) is 1.75. The molecule has 1 aromatic carbocycles. The van der Waals surface area contributed by atoms with Crippen LogP contribution in [0.1, 0.15) is 11.3 Å². The van der Waals surface area contributed by atoms with Crippen LogP contribution in [-0.4, -0.2) is 19.7 Å². The molecule has 98 valence electrons. The molecule has 4 rings (SSSR count). The first kappa shape index (κ1) is 11.3.